The van der Waals surface area contributed by atoms with Gasteiger partial charge >= 0.3 is 0 Å². The number of hydrogen-bond donors (Lipinski definition) is 1. The maximum atomic E-state index is 12.9. The van der Waals surface area contributed by atoms with Gasteiger partial charge in [0.25, 0.3) is 0 Å². The minimum absolute atomic E-state index is 0.0415. The van der Waals surface area contributed by atoms with E-state index >= 15 is 0 Å². The first-order chi connectivity index (χ1) is 10.1. The van der Waals surface area contributed by atoms with Gasteiger partial charge in [0.1, 0.15) is 6.17 Å². The van der Waals surface area contributed by atoms with E-state index in [0.717, 1.165) is 18.6 Å². The van der Waals surface area contributed by atoms with Crippen LogP contribution in [-0.2, 0) is 4.79 Å². The van der Waals surface area contributed by atoms with Gasteiger partial charge in [-0.15, -0.1) is 0 Å². The quantitative estimate of drug-likeness (QED) is 0.828. The lowest BCUT2D eigenvalue weighted by Crippen LogP contribution is -2.42. The van der Waals surface area contributed by atoms with Crippen LogP contribution in [0.1, 0.15) is 45.3 Å². The first-order valence-corrected chi connectivity index (χ1v) is 10.1. The molecule has 0 spiro atoms. The van der Waals surface area contributed by atoms with Gasteiger partial charge in [-0.25, -0.2) is 0 Å². The minimum Gasteiger partial charge on any atom is -0.318 e. The first-order valence-electron chi connectivity index (χ1n) is 7.73. The fraction of sp³-hybridized carbons (Fsp3) is 0.688. The van der Waals surface area contributed by atoms with Crippen molar-refractivity contribution < 1.29 is 4.79 Å². The van der Waals surface area contributed by atoms with Crippen molar-refractivity contribution in [3.63, 3.8) is 0 Å². The van der Waals surface area contributed by atoms with Gasteiger partial charge in [0, 0.05) is 11.8 Å². The monoisotopic (exact) mass is 326 g/mol. The summed E-state index contributed by atoms with van der Waals surface area (Å²) < 4.78 is 0. The van der Waals surface area contributed by atoms with Crippen LogP contribution in [0.5, 0.6) is 0 Å². The van der Waals surface area contributed by atoms with Gasteiger partial charge in [-0.3, -0.25) is 10.1 Å². The summed E-state index contributed by atoms with van der Waals surface area (Å²) >= 11 is 3.51. The standard InChI is InChI=1S/C16H26N2OS2/c1-5-11(3)14-16(19)18(13(6-2)10-20-4)15(17-14)12-7-8-21-9-12/h7-9,11,13-15,17H,5-6,10H2,1-4H3. The molecule has 0 aromatic carbocycles. The summed E-state index contributed by atoms with van der Waals surface area (Å²) in [7, 11) is 0. The molecule has 1 aliphatic heterocycles. The van der Waals surface area contributed by atoms with Crippen LogP contribution in [0.25, 0.3) is 0 Å². The summed E-state index contributed by atoms with van der Waals surface area (Å²) in [6.45, 7) is 6.50. The second-order valence-corrected chi connectivity index (χ2v) is 7.44. The van der Waals surface area contributed by atoms with Crippen LogP contribution in [0.4, 0.5) is 0 Å². The molecule has 2 heterocycles. The Hall–Kier alpha value is -0.520. The highest BCUT2D eigenvalue weighted by Gasteiger charge is 2.44. The summed E-state index contributed by atoms with van der Waals surface area (Å²) in [5.74, 6) is 1.65. The van der Waals surface area contributed by atoms with Crippen molar-refractivity contribution in [3.8, 4) is 0 Å². The van der Waals surface area contributed by atoms with E-state index in [-0.39, 0.29) is 18.1 Å². The van der Waals surface area contributed by atoms with E-state index in [4.69, 9.17) is 0 Å². The summed E-state index contributed by atoms with van der Waals surface area (Å²) in [5, 5.41) is 7.84. The van der Waals surface area contributed by atoms with Crippen molar-refractivity contribution in [1.29, 1.82) is 0 Å². The number of thioether (sulfide) groups is 1. The highest BCUT2D eigenvalue weighted by Crippen LogP contribution is 2.33. The molecule has 0 bridgehead atoms. The number of nitrogens with one attached hydrogen (secondary N) is 1. The van der Waals surface area contributed by atoms with E-state index in [2.05, 4.69) is 54.1 Å². The molecule has 1 amide bonds. The van der Waals surface area contributed by atoms with Gasteiger partial charge in [-0.1, -0.05) is 27.2 Å². The Labute approximate surface area is 136 Å². The Balaban J connectivity index is 2.29. The number of amides is 1. The van der Waals surface area contributed by atoms with Gasteiger partial charge in [-0.05, 0) is 41.0 Å². The molecular formula is C16H26N2OS2. The molecule has 1 aromatic heterocycles. The molecule has 0 aliphatic carbocycles. The second-order valence-electron chi connectivity index (χ2n) is 5.75. The van der Waals surface area contributed by atoms with E-state index in [1.165, 1.54) is 5.56 Å². The lowest BCUT2D eigenvalue weighted by Gasteiger charge is -2.31. The largest absolute Gasteiger partial charge is 0.318 e. The smallest absolute Gasteiger partial charge is 0.241 e. The van der Waals surface area contributed by atoms with Crippen LogP contribution in [0.3, 0.4) is 0 Å². The SMILES string of the molecule is CCC(C)C1NC(c2ccsc2)N(C(CC)CSC)C1=O. The zero-order valence-corrected chi connectivity index (χ0v) is 15.0. The van der Waals surface area contributed by atoms with Crippen LogP contribution in [0.2, 0.25) is 0 Å². The van der Waals surface area contributed by atoms with Crippen LogP contribution >= 0.6 is 23.1 Å². The molecule has 1 aliphatic rings. The topological polar surface area (TPSA) is 32.3 Å². The molecule has 5 heteroatoms. The van der Waals surface area contributed by atoms with Crippen molar-refractivity contribution in [3.05, 3.63) is 22.4 Å². The van der Waals surface area contributed by atoms with Crippen molar-refractivity contribution in [2.24, 2.45) is 5.92 Å². The predicted molar refractivity (Wildman–Crippen MR) is 92.7 cm³/mol. The number of nitrogens with zero attached hydrogens (tertiary/aromatic N) is 1. The molecule has 1 saturated heterocycles. The van der Waals surface area contributed by atoms with Crippen molar-refractivity contribution in [2.45, 2.75) is 51.9 Å². The summed E-state index contributed by atoms with van der Waals surface area (Å²) in [6, 6.07) is 2.39. The van der Waals surface area contributed by atoms with E-state index < -0.39 is 0 Å². The zero-order valence-electron chi connectivity index (χ0n) is 13.3. The van der Waals surface area contributed by atoms with E-state index in [0.29, 0.717) is 12.0 Å². The summed E-state index contributed by atoms with van der Waals surface area (Å²) in [5.41, 5.74) is 1.22. The van der Waals surface area contributed by atoms with Crippen molar-refractivity contribution in [1.82, 2.24) is 10.2 Å². The molecule has 1 fully saturated rings. The van der Waals surface area contributed by atoms with Gasteiger partial charge in [-0.2, -0.15) is 23.1 Å². The first kappa shape index (κ1) is 16.8. The van der Waals surface area contributed by atoms with Gasteiger partial charge < -0.3 is 4.90 Å². The Kier molecular flexibility index (Phi) is 6.14. The Bertz CT molecular complexity index is 449. The molecule has 4 unspecified atom stereocenters. The number of rotatable bonds is 7. The summed E-state index contributed by atoms with van der Waals surface area (Å²) in [4.78, 5) is 15.1. The molecule has 1 N–H and O–H groups in total. The molecular weight excluding hydrogens is 300 g/mol. The third kappa shape index (κ3) is 3.46. The lowest BCUT2D eigenvalue weighted by molar-refractivity contribution is -0.132. The molecule has 0 radical (unpaired) electrons. The highest BCUT2D eigenvalue weighted by molar-refractivity contribution is 7.98. The molecule has 3 nitrogen and oxygen atoms in total. The normalized spacial score (nSPS) is 25.3. The van der Waals surface area contributed by atoms with Gasteiger partial charge in [0.2, 0.25) is 5.91 Å². The van der Waals surface area contributed by atoms with Gasteiger partial charge in [0.05, 0.1) is 6.04 Å². The average Bonchev–Trinajstić information content (AvgIpc) is 3.12. The fourth-order valence-electron chi connectivity index (χ4n) is 2.92. The third-order valence-corrected chi connectivity index (χ3v) is 5.85. The van der Waals surface area contributed by atoms with Crippen LogP contribution in [-0.4, -0.2) is 34.9 Å². The lowest BCUT2D eigenvalue weighted by atomic mass is 9.99. The second kappa shape index (κ2) is 7.65. The van der Waals surface area contributed by atoms with E-state index in [1.807, 2.05) is 11.8 Å². The highest BCUT2D eigenvalue weighted by atomic mass is 32.2. The van der Waals surface area contributed by atoms with Crippen molar-refractivity contribution >= 4 is 29.0 Å². The minimum atomic E-state index is -0.0455. The zero-order chi connectivity index (χ0) is 15.4. The number of carbonyl (C=O) groups excluding carboxylic acids is 1. The maximum Gasteiger partial charge on any atom is 0.241 e. The molecule has 4 atom stereocenters. The van der Waals surface area contributed by atoms with Crippen LogP contribution in [0.15, 0.2) is 16.8 Å². The van der Waals surface area contributed by atoms with Crippen LogP contribution in [0, 0.1) is 5.92 Å². The Morgan fingerprint density at radius 2 is 2.19 bits per heavy atom. The maximum absolute atomic E-state index is 12.9. The molecule has 0 saturated carbocycles. The third-order valence-electron chi connectivity index (χ3n) is 4.43. The fourth-order valence-corrected chi connectivity index (χ4v) is 4.38. The number of hydrogen-bond acceptors (Lipinski definition) is 4. The molecule has 21 heavy (non-hydrogen) atoms. The van der Waals surface area contributed by atoms with E-state index in [1.54, 1.807) is 11.3 Å². The Morgan fingerprint density at radius 3 is 2.71 bits per heavy atom. The van der Waals surface area contributed by atoms with E-state index in [9.17, 15) is 4.79 Å². The van der Waals surface area contributed by atoms with Crippen molar-refractivity contribution in [2.75, 3.05) is 12.0 Å². The Morgan fingerprint density at radius 1 is 1.43 bits per heavy atom. The summed E-state index contributed by atoms with van der Waals surface area (Å²) in [6.07, 6.45) is 4.18. The number of carbonyl (C=O) groups is 1. The molecule has 2 rings (SSSR count). The van der Waals surface area contributed by atoms with Crippen LogP contribution < -0.4 is 5.32 Å². The predicted octanol–water partition coefficient (Wildman–Crippen LogP) is 3.73. The van der Waals surface area contributed by atoms with Gasteiger partial charge in [0.15, 0.2) is 0 Å². The average molecular weight is 327 g/mol. The molecule has 118 valence electrons. The number of thiophene rings is 1. The molecule has 1 aromatic rings.